The summed E-state index contributed by atoms with van der Waals surface area (Å²) < 4.78 is 0. The molecule has 3 rings (SSSR count). The summed E-state index contributed by atoms with van der Waals surface area (Å²) >= 11 is 3.67. The molecule has 2 aromatic rings. The fourth-order valence-corrected chi connectivity index (χ4v) is 3.29. The lowest BCUT2D eigenvalue weighted by molar-refractivity contribution is 0.0938. The highest BCUT2D eigenvalue weighted by molar-refractivity contribution is 9.09. The van der Waals surface area contributed by atoms with Crippen LogP contribution in [0.2, 0.25) is 0 Å². The maximum Gasteiger partial charge on any atom is 0.251 e. The van der Waals surface area contributed by atoms with Crippen LogP contribution in [0.25, 0.3) is 0 Å². The third-order valence-corrected chi connectivity index (χ3v) is 4.34. The molecule has 2 aromatic carbocycles. The van der Waals surface area contributed by atoms with Gasteiger partial charge in [0.2, 0.25) is 0 Å². The molecule has 1 aliphatic rings. The first-order valence-corrected chi connectivity index (χ1v) is 7.25. The van der Waals surface area contributed by atoms with Gasteiger partial charge in [-0.05, 0) is 29.7 Å². The summed E-state index contributed by atoms with van der Waals surface area (Å²) in [5, 5.41) is 3.12. The molecule has 2 atom stereocenters. The van der Waals surface area contributed by atoms with Crippen LogP contribution in [-0.4, -0.2) is 10.7 Å². The lowest BCUT2D eigenvalue weighted by atomic mass is 10.1. The third-order valence-electron chi connectivity index (χ3n) is 3.49. The Morgan fingerprint density at radius 3 is 2.53 bits per heavy atom. The number of rotatable bonds is 2. The van der Waals surface area contributed by atoms with Gasteiger partial charge in [-0.3, -0.25) is 4.79 Å². The predicted molar refractivity (Wildman–Crippen MR) is 79.5 cm³/mol. The third kappa shape index (κ3) is 2.43. The van der Waals surface area contributed by atoms with Crippen LogP contribution >= 0.6 is 15.9 Å². The van der Waals surface area contributed by atoms with Gasteiger partial charge < -0.3 is 5.32 Å². The maximum atomic E-state index is 12.2. The number of fused-ring (bicyclic) bond motifs is 1. The number of hydrogen-bond donors (Lipinski definition) is 1. The standard InChI is InChI=1S/C16H14BrNO/c17-14-10-12-8-4-5-9-13(12)15(14)18-16(19)11-6-2-1-3-7-11/h1-9,14-15H,10H2,(H,18,19)/t14-,15+/m0/s1. The van der Waals surface area contributed by atoms with Crippen LogP contribution in [0.15, 0.2) is 54.6 Å². The molecule has 1 aliphatic carbocycles. The first-order chi connectivity index (χ1) is 9.25. The summed E-state index contributed by atoms with van der Waals surface area (Å²) in [6.07, 6.45) is 0.954. The smallest absolute Gasteiger partial charge is 0.251 e. The predicted octanol–water partition coefficient (Wildman–Crippen LogP) is 3.48. The van der Waals surface area contributed by atoms with Crippen molar-refractivity contribution >= 4 is 21.8 Å². The van der Waals surface area contributed by atoms with Crippen LogP contribution in [0.5, 0.6) is 0 Å². The fourth-order valence-electron chi connectivity index (χ4n) is 2.53. The van der Waals surface area contributed by atoms with E-state index in [0.29, 0.717) is 5.56 Å². The van der Waals surface area contributed by atoms with Gasteiger partial charge in [-0.1, -0.05) is 58.4 Å². The molecular formula is C16H14BrNO. The number of nitrogens with one attached hydrogen (secondary N) is 1. The monoisotopic (exact) mass is 315 g/mol. The Bertz CT molecular complexity index is 597. The second-order valence-corrected chi connectivity index (χ2v) is 5.91. The van der Waals surface area contributed by atoms with Crippen molar-refractivity contribution in [1.82, 2.24) is 5.32 Å². The molecule has 0 fully saturated rings. The van der Waals surface area contributed by atoms with E-state index in [2.05, 4.69) is 33.4 Å². The Kier molecular flexibility index (Phi) is 3.38. The summed E-state index contributed by atoms with van der Waals surface area (Å²) in [6.45, 7) is 0. The van der Waals surface area contributed by atoms with Gasteiger partial charge in [-0.25, -0.2) is 0 Å². The molecule has 0 heterocycles. The van der Waals surface area contributed by atoms with Crippen molar-refractivity contribution in [2.45, 2.75) is 17.3 Å². The first-order valence-electron chi connectivity index (χ1n) is 6.33. The Balaban J connectivity index is 1.82. The molecular weight excluding hydrogens is 302 g/mol. The van der Waals surface area contributed by atoms with E-state index in [4.69, 9.17) is 0 Å². The molecule has 19 heavy (non-hydrogen) atoms. The zero-order valence-corrected chi connectivity index (χ0v) is 11.9. The van der Waals surface area contributed by atoms with Gasteiger partial charge in [0.25, 0.3) is 5.91 Å². The zero-order valence-electron chi connectivity index (χ0n) is 10.3. The van der Waals surface area contributed by atoms with Gasteiger partial charge in [-0.2, -0.15) is 0 Å². The Morgan fingerprint density at radius 1 is 1.05 bits per heavy atom. The van der Waals surface area contributed by atoms with E-state index in [1.807, 2.05) is 42.5 Å². The molecule has 0 radical (unpaired) electrons. The molecule has 2 nitrogen and oxygen atoms in total. The topological polar surface area (TPSA) is 29.1 Å². The van der Waals surface area contributed by atoms with Crippen molar-refractivity contribution in [1.29, 1.82) is 0 Å². The van der Waals surface area contributed by atoms with Gasteiger partial charge >= 0.3 is 0 Å². The van der Waals surface area contributed by atoms with Gasteiger partial charge in [0, 0.05) is 10.4 Å². The summed E-state index contributed by atoms with van der Waals surface area (Å²) in [5.74, 6) is -0.0215. The van der Waals surface area contributed by atoms with Crippen molar-refractivity contribution in [3.63, 3.8) is 0 Å². The van der Waals surface area contributed by atoms with Crippen LogP contribution in [0.1, 0.15) is 27.5 Å². The first kappa shape index (κ1) is 12.4. The van der Waals surface area contributed by atoms with E-state index in [1.165, 1.54) is 11.1 Å². The molecule has 1 amide bonds. The zero-order chi connectivity index (χ0) is 13.2. The highest BCUT2D eigenvalue weighted by Gasteiger charge is 2.31. The Morgan fingerprint density at radius 2 is 1.74 bits per heavy atom. The highest BCUT2D eigenvalue weighted by Crippen LogP contribution is 2.35. The number of hydrogen-bond acceptors (Lipinski definition) is 1. The second kappa shape index (κ2) is 5.17. The number of carbonyl (C=O) groups is 1. The SMILES string of the molecule is O=C(N[C@@H]1c2ccccc2C[C@@H]1Br)c1ccccc1. The Labute approximate surface area is 121 Å². The summed E-state index contributed by atoms with van der Waals surface area (Å²) in [7, 11) is 0. The van der Waals surface area contributed by atoms with Crippen molar-refractivity contribution in [3.05, 3.63) is 71.3 Å². The van der Waals surface area contributed by atoms with E-state index in [0.717, 1.165) is 6.42 Å². The number of amides is 1. The molecule has 3 heteroatoms. The number of carbonyl (C=O) groups excluding carboxylic acids is 1. The van der Waals surface area contributed by atoms with Crippen molar-refractivity contribution in [3.8, 4) is 0 Å². The molecule has 1 N–H and O–H groups in total. The van der Waals surface area contributed by atoms with Crippen LogP contribution in [0.4, 0.5) is 0 Å². The largest absolute Gasteiger partial charge is 0.344 e. The average Bonchev–Trinajstić information content (AvgIpc) is 2.76. The maximum absolute atomic E-state index is 12.2. The van der Waals surface area contributed by atoms with Crippen molar-refractivity contribution < 1.29 is 4.79 Å². The van der Waals surface area contributed by atoms with Crippen LogP contribution in [0.3, 0.4) is 0 Å². The quantitative estimate of drug-likeness (QED) is 0.845. The molecule has 0 aliphatic heterocycles. The van der Waals surface area contributed by atoms with Gasteiger partial charge in [0.05, 0.1) is 6.04 Å². The molecule has 96 valence electrons. The molecule has 0 unspecified atom stereocenters. The van der Waals surface area contributed by atoms with Crippen LogP contribution in [-0.2, 0) is 6.42 Å². The van der Waals surface area contributed by atoms with Crippen molar-refractivity contribution in [2.75, 3.05) is 0 Å². The van der Waals surface area contributed by atoms with Gasteiger partial charge in [0.15, 0.2) is 0 Å². The van der Waals surface area contributed by atoms with E-state index >= 15 is 0 Å². The molecule has 0 aromatic heterocycles. The highest BCUT2D eigenvalue weighted by atomic mass is 79.9. The molecule has 0 saturated carbocycles. The summed E-state index contributed by atoms with van der Waals surface area (Å²) in [6, 6.07) is 17.7. The molecule has 0 bridgehead atoms. The van der Waals surface area contributed by atoms with Crippen LogP contribution in [0, 0.1) is 0 Å². The molecule has 0 saturated heterocycles. The van der Waals surface area contributed by atoms with Crippen molar-refractivity contribution in [2.24, 2.45) is 0 Å². The lowest BCUT2D eigenvalue weighted by Crippen LogP contribution is -2.31. The lowest BCUT2D eigenvalue weighted by Gasteiger charge is -2.17. The van der Waals surface area contributed by atoms with Gasteiger partial charge in [0.1, 0.15) is 0 Å². The van der Waals surface area contributed by atoms with E-state index in [9.17, 15) is 4.79 Å². The van der Waals surface area contributed by atoms with Gasteiger partial charge in [-0.15, -0.1) is 0 Å². The summed E-state index contributed by atoms with van der Waals surface area (Å²) in [4.78, 5) is 12.5. The minimum absolute atomic E-state index is 0.0215. The van der Waals surface area contributed by atoms with Crippen LogP contribution < -0.4 is 5.32 Å². The average molecular weight is 316 g/mol. The second-order valence-electron chi connectivity index (χ2n) is 4.74. The fraction of sp³-hybridized carbons (Fsp3) is 0.188. The minimum Gasteiger partial charge on any atom is -0.344 e. The summed E-state index contributed by atoms with van der Waals surface area (Å²) in [5.41, 5.74) is 3.22. The molecule has 0 spiro atoms. The van der Waals surface area contributed by atoms with E-state index in [-0.39, 0.29) is 16.8 Å². The normalized spacial score (nSPS) is 20.9. The number of alkyl halides is 1. The minimum atomic E-state index is -0.0215. The van der Waals surface area contributed by atoms with E-state index in [1.54, 1.807) is 0 Å². The van der Waals surface area contributed by atoms with E-state index < -0.39 is 0 Å². The Hall–Kier alpha value is -1.61. The number of benzene rings is 2. The number of halogens is 1.